The summed E-state index contributed by atoms with van der Waals surface area (Å²) in [6.45, 7) is 4.67. The molecule has 0 fully saturated rings. The maximum Gasteiger partial charge on any atom is 0.216 e. The average molecular weight is 228 g/mol. The number of aromatic nitrogens is 2. The minimum Gasteiger partial charge on any atom is -0.473 e. The molecule has 0 unspecified atom stereocenters. The average Bonchev–Trinajstić information content (AvgIpc) is 2.38. The van der Waals surface area contributed by atoms with E-state index >= 15 is 0 Å². The fraction of sp³-hybridized carbons (Fsp3) is 0.286. The van der Waals surface area contributed by atoms with Crippen molar-refractivity contribution in [3.05, 3.63) is 54.0 Å². The topological polar surface area (TPSA) is 35.0 Å². The molecule has 0 amide bonds. The fourth-order valence-electron chi connectivity index (χ4n) is 1.45. The van der Waals surface area contributed by atoms with E-state index in [2.05, 4.69) is 23.8 Å². The standard InChI is InChI=1S/C14H16N2O/c1-11(2)14-15-9-8-13(16-14)17-10-12-6-4-3-5-7-12/h3-9,11H,10H2,1-2H3. The lowest BCUT2D eigenvalue weighted by Gasteiger charge is -2.07. The van der Waals surface area contributed by atoms with E-state index in [1.54, 1.807) is 12.3 Å². The van der Waals surface area contributed by atoms with Crippen LogP contribution in [0, 0.1) is 0 Å². The summed E-state index contributed by atoms with van der Waals surface area (Å²) in [5.74, 6) is 1.76. The molecule has 3 heteroatoms. The first-order valence-electron chi connectivity index (χ1n) is 5.75. The predicted molar refractivity (Wildman–Crippen MR) is 66.9 cm³/mol. The first-order valence-corrected chi connectivity index (χ1v) is 5.75. The van der Waals surface area contributed by atoms with Gasteiger partial charge >= 0.3 is 0 Å². The van der Waals surface area contributed by atoms with E-state index in [4.69, 9.17) is 4.74 Å². The van der Waals surface area contributed by atoms with E-state index in [1.807, 2.05) is 30.3 Å². The normalized spacial score (nSPS) is 10.5. The highest BCUT2D eigenvalue weighted by molar-refractivity contribution is 5.16. The first-order chi connectivity index (χ1) is 8.25. The Balaban J connectivity index is 2.02. The number of benzene rings is 1. The van der Waals surface area contributed by atoms with Crippen LogP contribution in [0.1, 0.15) is 31.2 Å². The van der Waals surface area contributed by atoms with Gasteiger partial charge in [0, 0.05) is 18.2 Å². The lowest BCUT2D eigenvalue weighted by Crippen LogP contribution is -2.01. The molecule has 0 aliphatic carbocycles. The van der Waals surface area contributed by atoms with Crippen molar-refractivity contribution < 1.29 is 4.74 Å². The Hall–Kier alpha value is -1.90. The second-order valence-electron chi connectivity index (χ2n) is 4.18. The van der Waals surface area contributed by atoms with Crippen molar-refractivity contribution in [2.45, 2.75) is 26.4 Å². The van der Waals surface area contributed by atoms with Gasteiger partial charge in [-0.15, -0.1) is 0 Å². The van der Waals surface area contributed by atoms with E-state index in [0.29, 0.717) is 18.4 Å². The molecule has 17 heavy (non-hydrogen) atoms. The third-order valence-corrected chi connectivity index (χ3v) is 2.39. The lowest BCUT2D eigenvalue weighted by molar-refractivity contribution is 0.291. The largest absolute Gasteiger partial charge is 0.473 e. The van der Waals surface area contributed by atoms with Crippen molar-refractivity contribution in [3.63, 3.8) is 0 Å². The van der Waals surface area contributed by atoms with Gasteiger partial charge in [0.15, 0.2) is 0 Å². The maximum atomic E-state index is 5.63. The summed E-state index contributed by atoms with van der Waals surface area (Å²) >= 11 is 0. The van der Waals surface area contributed by atoms with E-state index in [1.165, 1.54) is 0 Å². The van der Waals surface area contributed by atoms with Crippen LogP contribution in [-0.4, -0.2) is 9.97 Å². The third-order valence-electron chi connectivity index (χ3n) is 2.39. The van der Waals surface area contributed by atoms with Gasteiger partial charge in [-0.05, 0) is 5.56 Å². The highest BCUT2D eigenvalue weighted by atomic mass is 16.5. The van der Waals surface area contributed by atoms with Gasteiger partial charge in [0.05, 0.1) is 0 Å². The minimum absolute atomic E-state index is 0.315. The summed E-state index contributed by atoms with van der Waals surface area (Å²) in [4.78, 5) is 8.56. The predicted octanol–water partition coefficient (Wildman–Crippen LogP) is 3.18. The number of rotatable bonds is 4. The van der Waals surface area contributed by atoms with Crippen molar-refractivity contribution in [3.8, 4) is 5.88 Å². The van der Waals surface area contributed by atoms with Crippen LogP contribution in [0.2, 0.25) is 0 Å². The van der Waals surface area contributed by atoms with Crippen LogP contribution >= 0.6 is 0 Å². The van der Waals surface area contributed by atoms with Crippen molar-refractivity contribution in [1.82, 2.24) is 9.97 Å². The van der Waals surface area contributed by atoms with Gasteiger partial charge in [-0.3, -0.25) is 0 Å². The molecule has 3 nitrogen and oxygen atoms in total. The Labute approximate surface area is 102 Å². The van der Waals surface area contributed by atoms with Crippen molar-refractivity contribution >= 4 is 0 Å². The summed E-state index contributed by atoms with van der Waals surface area (Å²) in [7, 11) is 0. The van der Waals surface area contributed by atoms with Gasteiger partial charge in [-0.1, -0.05) is 44.2 Å². The molecule has 0 saturated carbocycles. The van der Waals surface area contributed by atoms with Crippen LogP contribution in [-0.2, 0) is 6.61 Å². The molecule has 1 aromatic heterocycles. The van der Waals surface area contributed by atoms with Gasteiger partial charge in [-0.2, -0.15) is 4.98 Å². The lowest BCUT2D eigenvalue weighted by atomic mass is 10.2. The van der Waals surface area contributed by atoms with Gasteiger partial charge < -0.3 is 4.74 Å². The Kier molecular flexibility index (Phi) is 3.70. The summed E-state index contributed by atoms with van der Waals surface area (Å²) in [6, 6.07) is 11.8. The molecule has 1 aromatic carbocycles. The molecule has 0 saturated heterocycles. The second-order valence-corrected chi connectivity index (χ2v) is 4.18. The second kappa shape index (κ2) is 5.43. The van der Waals surface area contributed by atoms with E-state index < -0.39 is 0 Å². The SMILES string of the molecule is CC(C)c1nccc(OCc2ccccc2)n1. The highest BCUT2D eigenvalue weighted by Gasteiger charge is 2.04. The van der Waals surface area contributed by atoms with Crippen LogP contribution in [0.25, 0.3) is 0 Å². The summed E-state index contributed by atoms with van der Waals surface area (Å²) in [6.07, 6.45) is 1.74. The molecule has 0 atom stereocenters. The van der Waals surface area contributed by atoms with Crippen LogP contribution in [0.3, 0.4) is 0 Å². The summed E-state index contributed by atoms with van der Waals surface area (Å²) < 4.78 is 5.63. The van der Waals surface area contributed by atoms with E-state index in [9.17, 15) is 0 Å². The molecule has 0 N–H and O–H groups in total. The molecular formula is C14H16N2O. The molecule has 88 valence electrons. The number of ether oxygens (including phenoxy) is 1. The van der Waals surface area contributed by atoms with Gasteiger partial charge in [0.1, 0.15) is 12.4 Å². The molecule has 0 spiro atoms. The number of nitrogens with zero attached hydrogens (tertiary/aromatic N) is 2. The number of hydrogen-bond donors (Lipinski definition) is 0. The quantitative estimate of drug-likeness (QED) is 0.806. The van der Waals surface area contributed by atoms with E-state index in [0.717, 1.165) is 11.4 Å². The molecule has 2 aromatic rings. The Morgan fingerprint density at radius 3 is 2.59 bits per heavy atom. The highest BCUT2D eigenvalue weighted by Crippen LogP contribution is 2.13. The van der Waals surface area contributed by atoms with Crippen LogP contribution in [0.4, 0.5) is 0 Å². The molecule has 0 aliphatic rings. The maximum absolute atomic E-state index is 5.63. The van der Waals surface area contributed by atoms with Crippen molar-refractivity contribution in [1.29, 1.82) is 0 Å². The summed E-state index contributed by atoms with van der Waals surface area (Å²) in [5.41, 5.74) is 1.14. The van der Waals surface area contributed by atoms with Crippen LogP contribution in [0.5, 0.6) is 5.88 Å². The molecule has 0 radical (unpaired) electrons. The zero-order chi connectivity index (χ0) is 12.1. The van der Waals surface area contributed by atoms with Crippen molar-refractivity contribution in [2.24, 2.45) is 0 Å². The van der Waals surface area contributed by atoms with Gasteiger partial charge in [0.25, 0.3) is 0 Å². The first kappa shape index (κ1) is 11.6. The third kappa shape index (κ3) is 3.28. The van der Waals surface area contributed by atoms with E-state index in [-0.39, 0.29) is 0 Å². The molecular weight excluding hydrogens is 212 g/mol. The van der Waals surface area contributed by atoms with Crippen LogP contribution in [0.15, 0.2) is 42.6 Å². The minimum atomic E-state index is 0.315. The Morgan fingerprint density at radius 2 is 1.88 bits per heavy atom. The summed E-state index contributed by atoms with van der Waals surface area (Å²) in [5, 5.41) is 0. The van der Waals surface area contributed by atoms with Gasteiger partial charge in [-0.25, -0.2) is 4.98 Å². The zero-order valence-electron chi connectivity index (χ0n) is 10.1. The smallest absolute Gasteiger partial charge is 0.216 e. The molecule has 2 rings (SSSR count). The van der Waals surface area contributed by atoms with Gasteiger partial charge in [0.2, 0.25) is 5.88 Å². The fourth-order valence-corrected chi connectivity index (χ4v) is 1.45. The monoisotopic (exact) mass is 228 g/mol. The van der Waals surface area contributed by atoms with Crippen molar-refractivity contribution in [2.75, 3.05) is 0 Å². The molecule has 0 aliphatic heterocycles. The molecule has 0 bridgehead atoms. The number of hydrogen-bond acceptors (Lipinski definition) is 3. The Morgan fingerprint density at radius 1 is 1.12 bits per heavy atom. The Bertz CT molecular complexity index is 469. The molecule has 1 heterocycles. The van der Waals surface area contributed by atoms with Crippen LogP contribution < -0.4 is 4.74 Å². The zero-order valence-corrected chi connectivity index (χ0v) is 10.1.